The summed E-state index contributed by atoms with van der Waals surface area (Å²) in [6, 6.07) is 9.16. The lowest BCUT2D eigenvalue weighted by atomic mass is 9.75. The highest BCUT2D eigenvalue weighted by Gasteiger charge is 2.34. The van der Waals surface area contributed by atoms with Gasteiger partial charge in [-0.3, -0.25) is 9.59 Å². The molecule has 6 nitrogen and oxygen atoms in total. The maximum Gasteiger partial charge on any atom is 0.250 e. The van der Waals surface area contributed by atoms with E-state index in [9.17, 15) is 9.59 Å². The normalized spacial score (nSPS) is 15.2. The number of nitrogens with one attached hydrogen (secondary N) is 1. The molecule has 2 aromatic heterocycles. The Bertz CT molecular complexity index is 1090. The molecule has 0 unspecified atom stereocenters. The molecule has 150 valence electrons. The van der Waals surface area contributed by atoms with Crippen molar-refractivity contribution in [1.82, 2.24) is 4.57 Å². The fourth-order valence-corrected chi connectivity index (χ4v) is 4.15. The number of furan rings is 1. The first kappa shape index (κ1) is 19.1. The van der Waals surface area contributed by atoms with E-state index in [1.165, 1.54) is 0 Å². The van der Waals surface area contributed by atoms with Gasteiger partial charge >= 0.3 is 0 Å². The van der Waals surface area contributed by atoms with Gasteiger partial charge < -0.3 is 20.0 Å². The minimum Gasteiger partial charge on any atom is -0.467 e. The standard InChI is InChI=1S/C23H25N3O3/c1-14-13-26(19-10-23(2,3)11-20(27)21(14)19)15-6-7-17(22(24)28)18(9-15)25-12-16-5-4-8-29-16/h4-9,13,25H,10-12H2,1-3H3,(H2,24,28). The third-order valence-corrected chi connectivity index (χ3v) is 5.44. The largest absolute Gasteiger partial charge is 0.467 e. The number of fused-ring (bicyclic) bond motifs is 1. The second kappa shape index (κ2) is 6.95. The molecule has 0 aliphatic heterocycles. The van der Waals surface area contributed by atoms with Gasteiger partial charge in [0.2, 0.25) is 0 Å². The second-order valence-electron chi connectivity index (χ2n) is 8.47. The van der Waals surface area contributed by atoms with E-state index in [0.717, 1.165) is 34.7 Å². The predicted octanol–water partition coefficient (Wildman–Crippen LogP) is 4.24. The lowest BCUT2D eigenvalue weighted by Crippen LogP contribution is -2.28. The topological polar surface area (TPSA) is 90.3 Å². The van der Waals surface area contributed by atoms with Crippen molar-refractivity contribution in [3.63, 3.8) is 0 Å². The Morgan fingerprint density at radius 3 is 2.76 bits per heavy atom. The SMILES string of the molecule is Cc1cn(-c2ccc(C(N)=O)c(NCc3ccco3)c2)c2c1C(=O)CC(C)(C)C2. The molecule has 1 aliphatic rings. The Hall–Kier alpha value is -3.28. The van der Waals surface area contributed by atoms with E-state index in [-0.39, 0.29) is 11.2 Å². The molecule has 2 heterocycles. The number of rotatable bonds is 5. The average molecular weight is 391 g/mol. The Kier molecular flexibility index (Phi) is 4.57. The van der Waals surface area contributed by atoms with Gasteiger partial charge in [0, 0.05) is 35.2 Å². The molecule has 1 aromatic carbocycles. The van der Waals surface area contributed by atoms with Gasteiger partial charge in [-0.05, 0) is 54.7 Å². The summed E-state index contributed by atoms with van der Waals surface area (Å²) in [5, 5.41) is 3.24. The molecule has 1 aliphatic carbocycles. The molecule has 3 aromatic rings. The minimum atomic E-state index is -0.500. The lowest BCUT2D eigenvalue weighted by molar-refractivity contribution is 0.0909. The zero-order valence-corrected chi connectivity index (χ0v) is 16.9. The van der Waals surface area contributed by atoms with Gasteiger partial charge in [-0.2, -0.15) is 0 Å². The molecular weight excluding hydrogens is 366 g/mol. The number of hydrogen-bond acceptors (Lipinski definition) is 4. The van der Waals surface area contributed by atoms with Crippen LogP contribution in [-0.2, 0) is 13.0 Å². The number of carbonyl (C=O) groups excluding carboxylic acids is 2. The number of carbonyl (C=O) groups is 2. The van der Waals surface area contributed by atoms with Crippen LogP contribution in [0.25, 0.3) is 5.69 Å². The number of nitrogens with zero attached hydrogens (tertiary/aromatic N) is 1. The number of ketones is 1. The quantitative estimate of drug-likeness (QED) is 0.680. The number of nitrogens with two attached hydrogens (primary N) is 1. The monoisotopic (exact) mass is 391 g/mol. The van der Waals surface area contributed by atoms with Crippen molar-refractivity contribution in [2.75, 3.05) is 5.32 Å². The summed E-state index contributed by atoms with van der Waals surface area (Å²) in [6.07, 6.45) is 4.98. The molecular formula is C23H25N3O3. The summed E-state index contributed by atoms with van der Waals surface area (Å²) < 4.78 is 7.42. The maximum absolute atomic E-state index is 12.7. The molecule has 0 radical (unpaired) electrons. The molecule has 0 spiro atoms. The van der Waals surface area contributed by atoms with E-state index in [1.54, 1.807) is 12.3 Å². The number of amides is 1. The Labute approximate surface area is 169 Å². The molecule has 3 N–H and O–H groups in total. The van der Waals surface area contributed by atoms with Crippen molar-refractivity contribution in [3.05, 3.63) is 70.9 Å². The van der Waals surface area contributed by atoms with Crippen molar-refractivity contribution in [3.8, 4) is 5.69 Å². The smallest absolute Gasteiger partial charge is 0.250 e. The summed E-state index contributed by atoms with van der Waals surface area (Å²) in [5.74, 6) is 0.449. The van der Waals surface area contributed by atoms with Crippen LogP contribution in [0.2, 0.25) is 0 Å². The molecule has 1 amide bonds. The first-order valence-corrected chi connectivity index (χ1v) is 9.70. The van der Waals surface area contributed by atoms with Crippen molar-refractivity contribution in [2.24, 2.45) is 11.1 Å². The van der Waals surface area contributed by atoms with Crippen LogP contribution in [-0.4, -0.2) is 16.3 Å². The molecule has 0 saturated carbocycles. The van der Waals surface area contributed by atoms with Crippen molar-refractivity contribution >= 4 is 17.4 Å². The highest BCUT2D eigenvalue weighted by atomic mass is 16.3. The van der Waals surface area contributed by atoms with Gasteiger partial charge in [-0.1, -0.05) is 13.8 Å². The minimum absolute atomic E-state index is 0.0832. The first-order chi connectivity index (χ1) is 13.7. The Morgan fingerprint density at radius 2 is 2.07 bits per heavy atom. The number of aromatic nitrogens is 1. The maximum atomic E-state index is 12.7. The van der Waals surface area contributed by atoms with Crippen LogP contribution >= 0.6 is 0 Å². The summed E-state index contributed by atoms with van der Waals surface area (Å²) in [7, 11) is 0. The molecule has 0 bridgehead atoms. The van der Waals surface area contributed by atoms with E-state index in [2.05, 4.69) is 23.7 Å². The summed E-state index contributed by atoms with van der Waals surface area (Å²) in [4.78, 5) is 24.6. The third kappa shape index (κ3) is 3.58. The molecule has 6 heteroatoms. The second-order valence-corrected chi connectivity index (χ2v) is 8.47. The van der Waals surface area contributed by atoms with Crippen LogP contribution in [0.5, 0.6) is 0 Å². The number of anilines is 1. The summed E-state index contributed by atoms with van der Waals surface area (Å²) in [6.45, 7) is 6.64. The zero-order chi connectivity index (χ0) is 20.8. The van der Waals surface area contributed by atoms with Gasteiger partial charge in [0.15, 0.2) is 5.78 Å². The van der Waals surface area contributed by atoms with Crippen molar-refractivity contribution < 1.29 is 14.0 Å². The van der Waals surface area contributed by atoms with E-state index in [1.807, 2.05) is 37.4 Å². The van der Waals surface area contributed by atoms with Crippen LogP contribution in [0.1, 0.15) is 58.0 Å². The summed E-state index contributed by atoms with van der Waals surface area (Å²) in [5.41, 5.74) is 10.2. The van der Waals surface area contributed by atoms with Crippen LogP contribution in [0, 0.1) is 12.3 Å². The van der Waals surface area contributed by atoms with Crippen LogP contribution < -0.4 is 11.1 Å². The van der Waals surface area contributed by atoms with Gasteiger partial charge in [-0.25, -0.2) is 0 Å². The number of benzene rings is 1. The third-order valence-electron chi connectivity index (χ3n) is 5.44. The number of hydrogen-bond donors (Lipinski definition) is 2. The van der Waals surface area contributed by atoms with Gasteiger partial charge in [0.1, 0.15) is 5.76 Å². The highest BCUT2D eigenvalue weighted by molar-refractivity contribution is 6.01. The van der Waals surface area contributed by atoms with E-state index in [4.69, 9.17) is 10.2 Å². The fraction of sp³-hybridized carbons (Fsp3) is 0.304. The van der Waals surface area contributed by atoms with Gasteiger partial charge in [-0.15, -0.1) is 0 Å². The van der Waals surface area contributed by atoms with Crippen LogP contribution in [0.3, 0.4) is 0 Å². The Balaban J connectivity index is 1.76. The first-order valence-electron chi connectivity index (χ1n) is 9.70. The molecule has 4 rings (SSSR count). The molecule has 0 atom stereocenters. The number of aryl methyl sites for hydroxylation is 1. The lowest BCUT2D eigenvalue weighted by Gasteiger charge is -2.30. The van der Waals surface area contributed by atoms with Crippen LogP contribution in [0.15, 0.2) is 47.2 Å². The highest BCUT2D eigenvalue weighted by Crippen LogP contribution is 2.38. The number of Topliss-reactive ketones (excluding diaryl/α,β-unsaturated/α-hetero) is 1. The van der Waals surface area contributed by atoms with Crippen molar-refractivity contribution in [1.29, 1.82) is 0 Å². The Morgan fingerprint density at radius 1 is 1.28 bits per heavy atom. The fourth-order valence-electron chi connectivity index (χ4n) is 4.15. The zero-order valence-electron chi connectivity index (χ0n) is 16.9. The molecule has 0 saturated heterocycles. The van der Waals surface area contributed by atoms with E-state index < -0.39 is 5.91 Å². The van der Waals surface area contributed by atoms with E-state index in [0.29, 0.717) is 24.2 Å². The number of primary amides is 1. The predicted molar refractivity (Wildman–Crippen MR) is 111 cm³/mol. The molecule has 29 heavy (non-hydrogen) atoms. The van der Waals surface area contributed by atoms with Gasteiger partial charge in [0.05, 0.1) is 18.4 Å². The average Bonchev–Trinajstić information content (AvgIpc) is 3.26. The molecule has 0 fully saturated rings. The van der Waals surface area contributed by atoms with E-state index >= 15 is 0 Å². The van der Waals surface area contributed by atoms with Crippen molar-refractivity contribution in [2.45, 2.75) is 40.2 Å². The summed E-state index contributed by atoms with van der Waals surface area (Å²) >= 11 is 0. The van der Waals surface area contributed by atoms with Crippen LogP contribution in [0.4, 0.5) is 5.69 Å². The van der Waals surface area contributed by atoms with Gasteiger partial charge in [0.25, 0.3) is 5.91 Å².